The molecule has 0 aliphatic rings. The number of hydrogen-bond acceptors (Lipinski definition) is 3. The second-order valence-corrected chi connectivity index (χ2v) is 7.01. The predicted molar refractivity (Wildman–Crippen MR) is 102 cm³/mol. The van der Waals surface area contributed by atoms with E-state index in [1.54, 1.807) is 0 Å². The summed E-state index contributed by atoms with van der Waals surface area (Å²) in [7, 11) is 0. The van der Waals surface area contributed by atoms with E-state index in [2.05, 4.69) is 31.3 Å². The van der Waals surface area contributed by atoms with Gasteiger partial charge in [-0.3, -0.25) is 4.79 Å². The number of benzene rings is 2. The lowest BCUT2D eigenvalue weighted by atomic mass is 10.0. The number of carbonyl (C=O) groups excluding carboxylic acids is 1. The summed E-state index contributed by atoms with van der Waals surface area (Å²) in [6, 6.07) is 18.2. The smallest absolute Gasteiger partial charge is 0.257 e. The molecule has 4 heteroatoms. The van der Waals surface area contributed by atoms with Crippen LogP contribution in [0.4, 0.5) is 0 Å². The van der Waals surface area contributed by atoms with Crippen molar-refractivity contribution in [2.24, 2.45) is 0 Å². The van der Waals surface area contributed by atoms with Gasteiger partial charge in [-0.1, -0.05) is 56.3 Å². The molecule has 3 nitrogen and oxygen atoms in total. The lowest BCUT2D eigenvalue weighted by molar-refractivity contribution is -0.122. The summed E-state index contributed by atoms with van der Waals surface area (Å²) in [6.07, 6.45) is 0. The summed E-state index contributed by atoms with van der Waals surface area (Å²) in [6.45, 7) is 5.02. The van der Waals surface area contributed by atoms with Gasteiger partial charge in [0, 0.05) is 18.1 Å². The van der Waals surface area contributed by atoms with Gasteiger partial charge in [-0.25, -0.2) is 0 Å². The van der Waals surface area contributed by atoms with E-state index in [0.717, 1.165) is 17.3 Å². The molecule has 1 amide bonds. The largest absolute Gasteiger partial charge is 0.484 e. The van der Waals surface area contributed by atoms with Gasteiger partial charge in [0.25, 0.3) is 5.91 Å². The number of carbonyl (C=O) groups is 1. The third kappa shape index (κ3) is 6.67. The van der Waals surface area contributed by atoms with Crippen LogP contribution >= 0.6 is 11.8 Å². The predicted octanol–water partition coefficient (Wildman–Crippen LogP) is 4.24. The van der Waals surface area contributed by atoms with Crippen LogP contribution in [0, 0.1) is 0 Å². The van der Waals surface area contributed by atoms with Gasteiger partial charge in [-0.05, 0) is 29.2 Å². The molecule has 0 fully saturated rings. The minimum atomic E-state index is -0.0803. The maximum Gasteiger partial charge on any atom is 0.257 e. The fourth-order valence-corrected chi connectivity index (χ4v) is 2.99. The summed E-state index contributed by atoms with van der Waals surface area (Å²) in [5, 5.41) is 2.88. The van der Waals surface area contributed by atoms with Crippen molar-refractivity contribution in [3.63, 3.8) is 0 Å². The van der Waals surface area contributed by atoms with E-state index in [4.69, 9.17) is 4.74 Å². The highest BCUT2D eigenvalue weighted by molar-refractivity contribution is 7.98. The number of amides is 1. The molecule has 0 unspecified atom stereocenters. The van der Waals surface area contributed by atoms with E-state index in [0.29, 0.717) is 12.5 Å². The first-order chi connectivity index (χ1) is 11.6. The highest BCUT2D eigenvalue weighted by atomic mass is 32.2. The van der Waals surface area contributed by atoms with Gasteiger partial charge in [0.15, 0.2) is 6.61 Å². The van der Waals surface area contributed by atoms with E-state index in [1.807, 2.05) is 54.2 Å². The van der Waals surface area contributed by atoms with Gasteiger partial charge in [0.1, 0.15) is 5.75 Å². The molecule has 0 aromatic heterocycles. The number of nitrogens with one attached hydrogen (secondary N) is 1. The third-order valence-corrected chi connectivity index (χ3v) is 4.63. The minimum Gasteiger partial charge on any atom is -0.484 e. The van der Waals surface area contributed by atoms with Crippen LogP contribution in [0.1, 0.15) is 30.9 Å². The average molecular weight is 343 g/mol. The molecule has 2 aromatic carbocycles. The van der Waals surface area contributed by atoms with Crippen molar-refractivity contribution in [2.45, 2.75) is 25.5 Å². The van der Waals surface area contributed by atoms with Crippen molar-refractivity contribution in [1.29, 1.82) is 0 Å². The molecular formula is C20H25NO2S. The Kier molecular flexibility index (Phi) is 7.69. The van der Waals surface area contributed by atoms with Gasteiger partial charge >= 0.3 is 0 Å². The standard InChI is InChI=1S/C20H25NO2S/c1-16(2)18-8-10-19(11-9-18)23-14-20(22)21-12-13-24-15-17-6-4-3-5-7-17/h3-11,16H,12-15H2,1-2H3,(H,21,22). The normalized spacial score (nSPS) is 10.6. The maximum absolute atomic E-state index is 11.8. The van der Waals surface area contributed by atoms with Gasteiger partial charge in [0.2, 0.25) is 0 Å². The first-order valence-corrected chi connectivity index (χ1v) is 9.42. The number of thioether (sulfide) groups is 1. The van der Waals surface area contributed by atoms with E-state index in [9.17, 15) is 4.79 Å². The van der Waals surface area contributed by atoms with Crippen LogP contribution < -0.4 is 10.1 Å². The van der Waals surface area contributed by atoms with Crippen molar-refractivity contribution in [2.75, 3.05) is 18.9 Å². The quantitative estimate of drug-likeness (QED) is 0.692. The van der Waals surface area contributed by atoms with Gasteiger partial charge in [-0.15, -0.1) is 0 Å². The second-order valence-electron chi connectivity index (χ2n) is 5.90. The molecule has 0 saturated carbocycles. The molecule has 2 rings (SSSR count). The fraction of sp³-hybridized carbons (Fsp3) is 0.350. The first-order valence-electron chi connectivity index (χ1n) is 8.26. The molecule has 0 aliphatic heterocycles. The monoisotopic (exact) mass is 343 g/mol. The highest BCUT2D eigenvalue weighted by Crippen LogP contribution is 2.18. The number of rotatable bonds is 9. The van der Waals surface area contributed by atoms with Crippen molar-refractivity contribution < 1.29 is 9.53 Å². The van der Waals surface area contributed by atoms with Crippen LogP contribution in [0.3, 0.4) is 0 Å². The lowest BCUT2D eigenvalue weighted by Gasteiger charge is -2.09. The van der Waals surface area contributed by atoms with Gasteiger partial charge in [-0.2, -0.15) is 11.8 Å². The Morgan fingerprint density at radius 2 is 1.79 bits per heavy atom. The zero-order valence-electron chi connectivity index (χ0n) is 14.3. The zero-order valence-corrected chi connectivity index (χ0v) is 15.1. The molecule has 0 spiro atoms. The third-order valence-electron chi connectivity index (χ3n) is 3.60. The zero-order chi connectivity index (χ0) is 17.2. The van der Waals surface area contributed by atoms with Crippen LogP contribution in [-0.2, 0) is 10.5 Å². The molecule has 0 bridgehead atoms. The van der Waals surface area contributed by atoms with Crippen LogP contribution in [0.5, 0.6) is 5.75 Å². The summed E-state index contributed by atoms with van der Waals surface area (Å²) >= 11 is 1.81. The topological polar surface area (TPSA) is 38.3 Å². The maximum atomic E-state index is 11.8. The van der Waals surface area contributed by atoms with E-state index < -0.39 is 0 Å². The lowest BCUT2D eigenvalue weighted by Crippen LogP contribution is -2.30. The van der Waals surface area contributed by atoms with Crippen molar-refractivity contribution >= 4 is 17.7 Å². The van der Waals surface area contributed by atoms with Crippen molar-refractivity contribution in [1.82, 2.24) is 5.32 Å². The van der Waals surface area contributed by atoms with Crippen LogP contribution in [0.2, 0.25) is 0 Å². The molecule has 0 saturated heterocycles. The Labute approximate surface area is 148 Å². The summed E-state index contributed by atoms with van der Waals surface area (Å²) in [4.78, 5) is 11.8. The highest BCUT2D eigenvalue weighted by Gasteiger charge is 2.03. The number of ether oxygens (including phenoxy) is 1. The summed E-state index contributed by atoms with van der Waals surface area (Å²) < 4.78 is 5.51. The Morgan fingerprint density at radius 1 is 1.08 bits per heavy atom. The van der Waals surface area contributed by atoms with Gasteiger partial charge in [0.05, 0.1) is 0 Å². The van der Waals surface area contributed by atoms with E-state index in [-0.39, 0.29) is 12.5 Å². The van der Waals surface area contributed by atoms with Crippen molar-refractivity contribution in [3.05, 3.63) is 65.7 Å². The SMILES string of the molecule is CC(C)c1ccc(OCC(=O)NCCSCc2ccccc2)cc1. The number of hydrogen-bond donors (Lipinski definition) is 1. The Morgan fingerprint density at radius 3 is 2.46 bits per heavy atom. The molecule has 128 valence electrons. The van der Waals surface area contributed by atoms with Crippen LogP contribution in [0.15, 0.2) is 54.6 Å². The Balaban J connectivity index is 1.58. The molecular weight excluding hydrogens is 318 g/mol. The fourth-order valence-electron chi connectivity index (χ4n) is 2.18. The van der Waals surface area contributed by atoms with Gasteiger partial charge < -0.3 is 10.1 Å². The molecule has 1 N–H and O–H groups in total. The molecule has 24 heavy (non-hydrogen) atoms. The Bertz CT molecular complexity index is 611. The second kappa shape index (κ2) is 10.0. The first kappa shape index (κ1) is 18.4. The Hall–Kier alpha value is -1.94. The van der Waals surface area contributed by atoms with E-state index in [1.165, 1.54) is 11.1 Å². The molecule has 2 aromatic rings. The van der Waals surface area contributed by atoms with Crippen LogP contribution in [0.25, 0.3) is 0 Å². The average Bonchev–Trinajstić information content (AvgIpc) is 2.61. The van der Waals surface area contributed by atoms with Crippen LogP contribution in [-0.4, -0.2) is 24.8 Å². The molecule has 0 atom stereocenters. The summed E-state index contributed by atoms with van der Waals surface area (Å²) in [5.41, 5.74) is 2.57. The molecule has 0 aliphatic carbocycles. The summed E-state index contributed by atoms with van der Waals surface area (Å²) in [5.74, 6) is 3.01. The van der Waals surface area contributed by atoms with E-state index >= 15 is 0 Å². The molecule has 0 heterocycles. The van der Waals surface area contributed by atoms with Crippen molar-refractivity contribution in [3.8, 4) is 5.75 Å². The molecule has 0 radical (unpaired) electrons. The minimum absolute atomic E-state index is 0.0599.